The summed E-state index contributed by atoms with van der Waals surface area (Å²) < 4.78 is 0. The van der Waals surface area contributed by atoms with Gasteiger partial charge in [-0.15, -0.1) is 0 Å². The van der Waals surface area contributed by atoms with E-state index in [0.717, 1.165) is 5.69 Å². The molecule has 1 aromatic carbocycles. The number of carbonyl (C=O) groups is 1. The number of amides is 1. The second-order valence-electron chi connectivity index (χ2n) is 3.64. The van der Waals surface area contributed by atoms with Crippen molar-refractivity contribution in [1.82, 2.24) is 4.98 Å². The van der Waals surface area contributed by atoms with E-state index in [1.54, 1.807) is 49.6 Å². The summed E-state index contributed by atoms with van der Waals surface area (Å²) in [7, 11) is 1.80. The Balaban J connectivity index is 2.09. The normalized spacial score (nSPS) is 9.89. The van der Waals surface area contributed by atoms with Gasteiger partial charge in [-0.25, -0.2) is 4.98 Å². The van der Waals surface area contributed by atoms with Gasteiger partial charge in [-0.1, -0.05) is 11.6 Å². The molecule has 2 aromatic rings. The summed E-state index contributed by atoms with van der Waals surface area (Å²) >= 11 is 5.77. The summed E-state index contributed by atoms with van der Waals surface area (Å²) in [5.41, 5.74) is 1.91. The molecular weight excluding hydrogens is 250 g/mol. The van der Waals surface area contributed by atoms with Gasteiger partial charge in [-0.2, -0.15) is 0 Å². The zero-order valence-electron chi connectivity index (χ0n) is 9.77. The molecule has 0 radical (unpaired) electrons. The van der Waals surface area contributed by atoms with Crippen molar-refractivity contribution in [3.05, 3.63) is 53.3 Å². The summed E-state index contributed by atoms with van der Waals surface area (Å²) in [5, 5.41) is 6.31. The van der Waals surface area contributed by atoms with Crippen LogP contribution in [-0.2, 0) is 0 Å². The molecule has 4 nitrogen and oxygen atoms in total. The molecule has 0 spiro atoms. The van der Waals surface area contributed by atoms with Crippen molar-refractivity contribution in [3.8, 4) is 0 Å². The molecule has 0 aliphatic carbocycles. The van der Waals surface area contributed by atoms with Crippen LogP contribution >= 0.6 is 11.6 Å². The molecule has 18 heavy (non-hydrogen) atoms. The average molecular weight is 262 g/mol. The summed E-state index contributed by atoms with van der Waals surface area (Å²) in [5.74, 6) is -0.250. The highest BCUT2D eigenvalue weighted by atomic mass is 35.5. The van der Waals surface area contributed by atoms with Crippen LogP contribution in [-0.4, -0.2) is 17.9 Å². The number of rotatable bonds is 3. The fourth-order valence-electron chi connectivity index (χ4n) is 1.40. The van der Waals surface area contributed by atoms with E-state index in [4.69, 9.17) is 11.6 Å². The molecule has 0 atom stereocenters. The minimum absolute atomic E-state index is 0.250. The van der Waals surface area contributed by atoms with Gasteiger partial charge in [0.15, 0.2) is 0 Å². The first-order chi connectivity index (χ1) is 8.69. The number of pyridine rings is 1. The molecule has 2 N–H and O–H groups in total. The Hall–Kier alpha value is -2.07. The molecule has 1 heterocycles. The van der Waals surface area contributed by atoms with E-state index in [9.17, 15) is 4.79 Å². The largest absolute Gasteiger partial charge is 0.387 e. The monoisotopic (exact) mass is 261 g/mol. The summed E-state index contributed by atoms with van der Waals surface area (Å²) in [6, 6.07) is 10.4. The molecule has 0 saturated carbocycles. The van der Waals surface area contributed by atoms with Crippen molar-refractivity contribution in [2.45, 2.75) is 0 Å². The number of carbonyl (C=O) groups excluding carboxylic acids is 1. The lowest BCUT2D eigenvalue weighted by Crippen LogP contribution is -2.13. The van der Waals surface area contributed by atoms with Crippen LogP contribution in [0.2, 0.25) is 5.02 Å². The van der Waals surface area contributed by atoms with Gasteiger partial charge in [0, 0.05) is 17.8 Å². The van der Waals surface area contributed by atoms with Crippen molar-refractivity contribution < 1.29 is 4.79 Å². The molecule has 0 aliphatic heterocycles. The van der Waals surface area contributed by atoms with Crippen LogP contribution in [0.25, 0.3) is 0 Å². The molecule has 0 bridgehead atoms. The van der Waals surface area contributed by atoms with Gasteiger partial charge < -0.3 is 10.6 Å². The van der Waals surface area contributed by atoms with E-state index in [0.29, 0.717) is 16.4 Å². The first kappa shape index (κ1) is 12.4. The van der Waals surface area contributed by atoms with Crippen LogP contribution in [0.3, 0.4) is 0 Å². The second kappa shape index (κ2) is 5.51. The standard InChI is InChI=1S/C13H12ClN3O/c1-15-11-6-7-12(16-8-11)13(18)17-10-4-2-9(14)3-5-10/h2-8,15H,1H3,(H,17,18). The fourth-order valence-corrected chi connectivity index (χ4v) is 1.53. The first-order valence-corrected chi connectivity index (χ1v) is 5.77. The number of hydrogen-bond donors (Lipinski definition) is 2. The maximum absolute atomic E-state index is 11.9. The van der Waals surface area contributed by atoms with E-state index in [2.05, 4.69) is 15.6 Å². The quantitative estimate of drug-likeness (QED) is 0.893. The van der Waals surface area contributed by atoms with E-state index in [1.807, 2.05) is 0 Å². The summed E-state index contributed by atoms with van der Waals surface area (Å²) in [4.78, 5) is 15.9. The van der Waals surface area contributed by atoms with Crippen molar-refractivity contribution >= 4 is 28.9 Å². The number of nitrogens with one attached hydrogen (secondary N) is 2. The SMILES string of the molecule is CNc1ccc(C(=O)Nc2ccc(Cl)cc2)nc1. The average Bonchev–Trinajstić information content (AvgIpc) is 2.41. The molecule has 2 rings (SSSR count). The van der Waals surface area contributed by atoms with Crippen LogP contribution in [0.5, 0.6) is 0 Å². The number of nitrogens with zero attached hydrogens (tertiary/aromatic N) is 1. The molecule has 0 unspecified atom stereocenters. The Bertz CT molecular complexity index is 537. The van der Waals surface area contributed by atoms with Gasteiger partial charge in [0.2, 0.25) is 0 Å². The van der Waals surface area contributed by atoms with Gasteiger partial charge in [0.25, 0.3) is 5.91 Å². The van der Waals surface area contributed by atoms with Crippen LogP contribution in [0.15, 0.2) is 42.6 Å². The maximum atomic E-state index is 11.9. The molecule has 0 saturated heterocycles. The third-order valence-corrected chi connectivity index (χ3v) is 2.64. The van der Waals surface area contributed by atoms with E-state index < -0.39 is 0 Å². The number of anilines is 2. The molecule has 92 valence electrons. The Morgan fingerprint density at radius 1 is 1.11 bits per heavy atom. The number of hydrogen-bond acceptors (Lipinski definition) is 3. The van der Waals surface area contributed by atoms with E-state index in [-0.39, 0.29) is 5.91 Å². The molecule has 1 amide bonds. The lowest BCUT2D eigenvalue weighted by atomic mass is 10.3. The highest BCUT2D eigenvalue weighted by molar-refractivity contribution is 6.30. The van der Waals surface area contributed by atoms with Crippen LogP contribution in [0, 0.1) is 0 Å². The van der Waals surface area contributed by atoms with Crippen LogP contribution in [0.4, 0.5) is 11.4 Å². The van der Waals surface area contributed by atoms with Gasteiger partial charge in [-0.05, 0) is 36.4 Å². The summed E-state index contributed by atoms with van der Waals surface area (Å²) in [6.07, 6.45) is 1.61. The Kier molecular flexibility index (Phi) is 3.79. The minimum atomic E-state index is -0.250. The molecule has 1 aromatic heterocycles. The molecule has 0 fully saturated rings. The van der Waals surface area contributed by atoms with Crippen molar-refractivity contribution in [1.29, 1.82) is 0 Å². The zero-order valence-corrected chi connectivity index (χ0v) is 10.5. The Morgan fingerprint density at radius 2 is 1.78 bits per heavy atom. The number of aromatic nitrogens is 1. The highest BCUT2D eigenvalue weighted by Gasteiger charge is 2.07. The third-order valence-electron chi connectivity index (χ3n) is 2.39. The fraction of sp³-hybridized carbons (Fsp3) is 0.0769. The predicted octanol–water partition coefficient (Wildman–Crippen LogP) is 3.03. The van der Waals surface area contributed by atoms with Gasteiger partial charge in [0.1, 0.15) is 5.69 Å². The van der Waals surface area contributed by atoms with Gasteiger partial charge >= 0.3 is 0 Å². The first-order valence-electron chi connectivity index (χ1n) is 5.40. The van der Waals surface area contributed by atoms with Crippen LogP contribution in [0.1, 0.15) is 10.5 Å². The maximum Gasteiger partial charge on any atom is 0.274 e. The lowest BCUT2D eigenvalue weighted by Gasteiger charge is -2.05. The predicted molar refractivity (Wildman–Crippen MR) is 73.2 cm³/mol. The van der Waals surface area contributed by atoms with Crippen molar-refractivity contribution in [3.63, 3.8) is 0 Å². The van der Waals surface area contributed by atoms with Gasteiger partial charge in [0.05, 0.1) is 11.9 Å². The van der Waals surface area contributed by atoms with Crippen LogP contribution < -0.4 is 10.6 Å². The Labute approximate surface area is 110 Å². The number of halogens is 1. The third kappa shape index (κ3) is 2.99. The molecule has 0 aliphatic rings. The smallest absolute Gasteiger partial charge is 0.274 e. The zero-order chi connectivity index (χ0) is 13.0. The minimum Gasteiger partial charge on any atom is -0.387 e. The summed E-state index contributed by atoms with van der Waals surface area (Å²) in [6.45, 7) is 0. The van der Waals surface area contributed by atoms with Crippen molar-refractivity contribution in [2.75, 3.05) is 17.7 Å². The van der Waals surface area contributed by atoms with E-state index in [1.165, 1.54) is 0 Å². The number of benzene rings is 1. The molecular formula is C13H12ClN3O. The lowest BCUT2D eigenvalue weighted by molar-refractivity contribution is 0.102. The highest BCUT2D eigenvalue weighted by Crippen LogP contribution is 2.14. The molecule has 5 heteroatoms. The van der Waals surface area contributed by atoms with E-state index >= 15 is 0 Å². The van der Waals surface area contributed by atoms with Gasteiger partial charge in [-0.3, -0.25) is 4.79 Å². The Morgan fingerprint density at radius 3 is 2.33 bits per heavy atom. The topological polar surface area (TPSA) is 54.0 Å². The van der Waals surface area contributed by atoms with Crippen molar-refractivity contribution in [2.24, 2.45) is 0 Å². The second-order valence-corrected chi connectivity index (χ2v) is 4.08.